The van der Waals surface area contributed by atoms with Gasteiger partial charge >= 0.3 is 5.97 Å². The molecule has 0 N–H and O–H groups in total. The third-order valence-corrected chi connectivity index (χ3v) is 3.74. The predicted octanol–water partition coefficient (Wildman–Crippen LogP) is 2.68. The van der Waals surface area contributed by atoms with Crippen LogP contribution in [0.15, 0.2) is 24.3 Å². The zero-order valence-corrected chi connectivity index (χ0v) is 14.5. The Morgan fingerprint density at radius 3 is 2.35 bits per heavy atom. The van der Waals surface area contributed by atoms with Crippen LogP contribution in [0.2, 0.25) is 0 Å². The van der Waals surface area contributed by atoms with Crippen molar-refractivity contribution in [1.82, 2.24) is 4.90 Å². The van der Waals surface area contributed by atoms with Crippen molar-refractivity contribution in [3.63, 3.8) is 0 Å². The fourth-order valence-electron chi connectivity index (χ4n) is 2.35. The first-order chi connectivity index (χ1) is 11.0. The van der Waals surface area contributed by atoms with Crippen molar-refractivity contribution < 1.29 is 19.1 Å². The number of rotatable bonds is 9. The van der Waals surface area contributed by atoms with Gasteiger partial charge in [0.15, 0.2) is 0 Å². The molecule has 5 nitrogen and oxygen atoms in total. The summed E-state index contributed by atoms with van der Waals surface area (Å²) in [5.74, 6) is 0.282. The van der Waals surface area contributed by atoms with Crippen molar-refractivity contribution in [2.75, 3.05) is 27.3 Å². The monoisotopic (exact) mass is 321 g/mol. The lowest BCUT2D eigenvalue weighted by atomic mass is 10.1. The van der Waals surface area contributed by atoms with Gasteiger partial charge < -0.3 is 14.4 Å². The van der Waals surface area contributed by atoms with Gasteiger partial charge in [-0.2, -0.15) is 0 Å². The third kappa shape index (κ3) is 6.30. The van der Waals surface area contributed by atoms with Crippen molar-refractivity contribution in [3.8, 4) is 5.75 Å². The standard InChI is InChI=1S/C18H27NO4/c1-5-6-17(20)19(13-14(2)18(21)23-4)12-11-15-7-9-16(22-3)10-8-15/h7-10,14H,5-6,11-13H2,1-4H3. The highest BCUT2D eigenvalue weighted by Gasteiger charge is 2.20. The molecule has 0 saturated carbocycles. The number of esters is 1. The van der Waals surface area contributed by atoms with E-state index in [2.05, 4.69) is 0 Å². The molecule has 0 bridgehead atoms. The molecular weight excluding hydrogens is 294 g/mol. The van der Waals surface area contributed by atoms with E-state index in [1.54, 1.807) is 18.9 Å². The van der Waals surface area contributed by atoms with Crippen LogP contribution in [0.25, 0.3) is 0 Å². The van der Waals surface area contributed by atoms with E-state index in [9.17, 15) is 9.59 Å². The molecule has 1 amide bonds. The highest BCUT2D eigenvalue weighted by molar-refractivity contribution is 5.78. The SMILES string of the molecule is CCCC(=O)N(CCc1ccc(OC)cc1)CC(C)C(=O)OC. The van der Waals surface area contributed by atoms with Gasteiger partial charge in [0.1, 0.15) is 5.75 Å². The molecule has 5 heteroatoms. The van der Waals surface area contributed by atoms with Crippen LogP contribution in [-0.2, 0) is 20.7 Å². The smallest absolute Gasteiger partial charge is 0.310 e. The summed E-state index contributed by atoms with van der Waals surface area (Å²) in [6, 6.07) is 7.80. The van der Waals surface area contributed by atoms with Gasteiger partial charge in [-0.15, -0.1) is 0 Å². The minimum absolute atomic E-state index is 0.0803. The molecule has 0 radical (unpaired) electrons. The largest absolute Gasteiger partial charge is 0.497 e. The van der Waals surface area contributed by atoms with Crippen molar-refractivity contribution in [2.24, 2.45) is 5.92 Å². The Kier molecular flexibility index (Phi) is 8.16. The normalized spacial score (nSPS) is 11.7. The molecule has 1 aromatic carbocycles. The number of nitrogens with zero attached hydrogens (tertiary/aromatic N) is 1. The lowest BCUT2D eigenvalue weighted by Gasteiger charge is -2.25. The van der Waals surface area contributed by atoms with Crippen LogP contribution in [0, 0.1) is 5.92 Å². The molecule has 0 fully saturated rings. The summed E-state index contributed by atoms with van der Waals surface area (Å²) >= 11 is 0. The molecule has 0 spiro atoms. The molecule has 0 aliphatic rings. The fraction of sp³-hybridized carbons (Fsp3) is 0.556. The van der Waals surface area contributed by atoms with Crippen LogP contribution in [0.1, 0.15) is 32.3 Å². The van der Waals surface area contributed by atoms with E-state index in [0.717, 1.165) is 24.2 Å². The van der Waals surface area contributed by atoms with E-state index in [-0.39, 0.29) is 17.8 Å². The Hall–Kier alpha value is -2.04. The number of carbonyl (C=O) groups is 2. The average molecular weight is 321 g/mol. The Bertz CT molecular complexity index is 498. The van der Waals surface area contributed by atoms with Crippen molar-refractivity contribution in [2.45, 2.75) is 33.1 Å². The van der Waals surface area contributed by atoms with Crippen LogP contribution in [0.5, 0.6) is 5.75 Å². The maximum Gasteiger partial charge on any atom is 0.310 e. The van der Waals surface area contributed by atoms with Gasteiger partial charge in [-0.05, 0) is 30.5 Å². The van der Waals surface area contributed by atoms with E-state index in [1.807, 2.05) is 31.2 Å². The van der Waals surface area contributed by atoms with Crippen LogP contribution < -0.4 is 4.74 Å². The zero-order valence-electron chi connectivity index (χ0n) is 14.5. The number of carbonyl (C=O) groups excluding carboxylic acids is 2. The summed E-state index contributed by atoms with van der Waals surface area (Å²) in [6.45, 7) is 4.74. The fourth-order valence-corrected chi connectivity index (χ4v) is 2.35. The first kappa shape index (κ1) is 19.0. The number of ether oxygens (including phenoxy) is 2. The molecule has 1 aromatic rings. The third-order valence-electron chi connectivity index (χ3n) is 3.74. The van der Waals surface area contributed by atoms with Crippen LogP contribution in [-0.4, -0.2) is 44.1 Å². The summed E-state index contributed by atoms with van der Waals surface area (Å²) in [4.78, 5) is 25.6. The second-order valence-corrected chi connectivity index (χ2v) is 5.61. The molecule has 1 atom stereocenters. The van der Waals surface area contributed by atoms with E-state index >= 15 is 0 Å². The highest BCUT2D eigenvalue weighted by atomic mass is 16.5. The Balaban J connectivity index is 2.67. The van der Waals surface area contributed by atoms with E-state index < -0.39 is 0 Å². The maximum atomic E-state index is 12.3. The predicted molar refractivity (Wildman–Crippen MR) is 89.4 cm³/mol. The number of hydrogen-bond acceptors (Lipinski definition) is 4. The molecule has 128 valence electrons. The van der Waals surface area contributed by atoms with Crippen molar-refractivity contribution >= 4 is 11.9 Å². The van der Waals surface area contributed by atoms with Crippen molar-refractivity contribution in [1.29, 1.82) is 0 Å². The topological polar surface area (TPSA) is 55.8 Å². The van der Waals surface area contributed by atoms with E-state index in [4.69, 9.17) is 9.47 Å². The zero-order chi connectivity index (χ0) is 17.2. The highest BCUT2D eigenvalue weighted by Crippen LogP contribution is 2.13. The van der Waals surface area contributed by atoms with Gasteiger partial charge in [-0.3, -0.25) is 9.59 Å². The maximum absolute atomic E-state index is 12.3. The Morgan fingerprint density at radius 2 is 1.83 bits per heavy atom. The Morgan fingerprint density at radius 1 is 1.17 bits per heavy atom. The average Bonchev–Trinajstić information content (AvgIpc) is 2.58. The summed E-state index contributed by atoms with van der Waals surface area (Å²) in [5.41, 5.74) is 1.13. The summed E-state index contributed by atoms with van der Waals surface area (Å²) in [6.07, 6.45) is 2.04. The first-order valence-corrected chi connectivity index (χ1v) is 8.00. The van der Waals surface area contributed by atoms with Crippen LogP contribution >= 0.6 is 0 Å². The van der Waals surface area contributed by atoms with Crippen LogP contribution in [0.4, 0.5) is 0 Å². The van der Waals surface area contributed by atoms with E-state index in [0.29, 0.717) is 19.5 Å². The first-order valence-electron chi connectivity index (χ1n) is 8.00. The number of methoxy groups -OCH3 is 2. The lowest BCUT2D eigenvalue weighted by molar-refractivity contribution is -0.146. The summed E-state index contributed by atoms with van der Waals surface area (Å²) < 4.78 is 9.89. The molecule has 23 heavy (non-hydrogen) atoms. The number of amides is 1. The van der Waals surface area contributed by atoms with Crippen LogP contribution in [0.3, 0.4) is 0 Å². The molecule has 0 saturated heterocycles. The quantitative estimate of drug-likeness (QED) is 0.656. The summed E-state index contributed by atoms with van der Waals surface area (Å²) in [7, 11) is 3.00. The second kappa shape index (κ2) is 9.87. The molecule has 0 heterocycles. The number of benzene rings is 1. The molecule has 1 rings (SSSR count). The molecular formula is C18H27NO4. The minimum Gasteiger partial charge on any atom is -0.497 e. The van der Waals surface area contributed by atoms with E-state index in [1.165, 1.54) is 7.11 Å². The Labute approximate surface area is 138 Å². The summed E-state index contributed by atoms with van der Waals surface area (Å²) in [5, 5.41) is 0. The molecule has 0 aliphatic carbocycles. The second-order valence-electron chi connectivity index (χ2n) is 5.61. The molecule has 0 aliphatic heterocycles. The van der Waals surface area contributed by atoms with Gasteiger partial charge in [-0.1, -0.05) is 26.0 Å². The van der Waals surface area contributed by atoms with Gasteiger partial charge in [0.05, 0.1) is 20.1 Å². The van der Waals surface area contributed by atoms with Gasteiger partial charge in [0.2, 0.25) is 5.91 Å². The number of hydrogen-bond donors (Lipinski definition) is 0. The van der Waals surface area contributed by atoms with Gasteiger partial charge in [-0.25, -0.2) is 0 Å². The van der Waals surface area contributed by atoms with Gasteiger partial charge in [0.25, 0.3) is 0 Å². The molecule has 0 aromatic heterocycles. The lowest BCUT2D eigenvalue weighted by Crippen LogP contribution is -2.38. The van der Waals surface area contributed by atoms with Crippen molar-refractivity contribution in [3.05, 3.63) is 29.8 Å². The van der Waals surface area contributed by atoms with Gasteiger partial charge in [0, 0.05) is 19.5 Å². The molecule has 1 unspecified atom stereocenters. The minimum atomic E-state index is -0.323.